The molecular weight excluding hydrogens is 630 g/mol. The van der Waals surface area contributed by atoms with Crippen LogP contribution in [0.1, 0.15) is 55.8 Å². The van der Waals surface area contributed by atoms with Crippen LogP contribution < -0.4 is 15.6 Å². The number of aliphatic hydroxyl groups is 1. The third-order valence-electron chi connectivity index (χ3n) is 9.33. The fourth-order valence-corrected chi connectivity index (χ4v) is 6.61. The molecule has 1 amide bonds. The Balaban J connectivity index is 0.846. The molecule has 0 spiro atoms. The molecule has 1 aliphatic rings. The second-order valence-corrected chi connectivity index (χ2v) is 12.9. The van der Waals surface area contributed by atoms with Gasteiger partial charge >= 0.3 is 6.09 Å². The summed E-state index contributed by atoms with van der Waals surface area (Å²) < 4.78 is 11.8. The van der Waals surface area contributed by atoms with E-state index in [-0.39, 0.29) is 17.4 Å². The summed E-state index contributed by atoms with van der Waals surface area (Å²) in [6.45, 7) is 3.34. The van der Waals surface area contributed by atoms with E-state index < -0.39 is 12.2 Å². The van der Waals surface area contributed by atoms with E-state index in [0.717, 1.165) is 80.7 Å². The number of piperidine rings is 1. The van der Waals surface area contributed by atoms with E-state index in [9.17, 15) is 19.8 Å². The summed E-state index contributed by atoms with van der Waals surface area (Å²) in [5.74, 6) is 0.849. The van der Waals surface area contributed by atoms with Crippen molar-refractivity contribution in [2.45, 2.75) is 57.2 Å². The quantitative estimate of drug-likeness (QED) is 0.0885. The number of rotatable bonds is 14. The average molecular weight is 676 g/mol. The van der Waals surface area contributed by atoms with Gasteiger partial charge in [-0.2, -0.15) is 0 Å². The van der Waals surface area contributed by atoms with Crippen molar-refractivity contribution in [1.29, 1.82) is 0 Å². The SMILES string of the molecule is O=C(Nc1ccccc1-c1ccccc1)OC1CCN(CCCOc2ccc(CCCC[C@H](O)c3ccc(O)c4[nH]c(=O)ccc34)cc2)CC1. The Morgan fingerprint density at radius 2 is 1.64 bits per heavy atom. The maximum Gasteiger partial charge on any atom is 0.411 e. The van der Waals surface area contributed by atoms with Gasteiger partial charge in [-0.05, 0) is 85.5 Å². The number of nitrogens with one attached hydrogen (secondary N) is 2. The third kappa shape index (κ3) is 9.31. The lowest BCUT2D eigenvalue weighted by Gasteiger charge is -2.31. The summed E-state index contributed by atoms with van der Waals surface area (Å²) in [6.07, 6.45) is 4.61. The molecule has 1 saturated heterocycles. The Morgan fingerprint density at radius 3 is 2.44 bits per heavy atom. The van der Waals surface area contributed by atoms with Crippen LogP contribution >= 0.6 is 0 Å². The number of aromatic hydroxyl groups is 1. The first kappa shape index (κ1) is 34.7. The first-order chi connectivity index (χ1) is 24.4. The van der Waals surface area contributed by atoms with Crippen LogP contribution in [0, 0.1) is 0 Å². The van der Waals surface area contributed by atoms with E-state index >= 15 is 0 Å². The predicted octanol–water partition coefficient (Wildman–Crippen LogP) is 7.83. The number of aryl methyl sites for hydroxylation is 1. The molecule has 0 radical (unpaired) electrons. The van der Waals surface area contributed by atoms with Crippen molar-refractivity contribution in [2.75, 3.05) is 31.6 Å². The predicted molar refractivity (Wildman–Crippen MR) is 197 cm³/mol. The smallest absolute Gasteiger partial charge is 0.411 e. The molecule has 4 aromatic carbocycles. The van der Waals surface area contributed by atoms with Crippen LogP contribution in [0.25, 0.3) is 22.0 Å². The normalized spacial score (nSPS) is 14.3. The molecule has 0 saturated carbocycles. The molecule has 0 bridgehead atoms. The Kier molecular flexibility index (Phi) is 11.8. The highest BCUT2D eigenvalue weighted by Crippen LogP contribution is 2.31. The average Bonchev–Trinajstić information content (AvgIpc) is 3.14. The molecule has 9 nitrogen and oxygen atoms in total. The number of carbonyl (C=O) groups excluding carboxylic acids is 1. The van der Waals surface area contributed by atoms with Gasteiger partial charge in [-0.15, -0.1) is 0 Å². The topological polar surface area (TPSA) is 124 Å². The van der Waals surface area contributed by atoms with E-state index in [1.165, 1.54) is 17.7 Å². The maximum absolute atomic E-state index is 12.7. The van der Waals surface area contributed by atoms with Crippen molar-refractivity contribution < 1.29 is 24.5 Å². The lowest BCUT2D eigenvalue weighted by molar-refractivity contribution is 0.0575. The van der Waals surface area contributed by atoms with Crippen molar-refractivity contribution in [3.8, 4) is 22.6 Å². The van der Waals surface area contributed by atoms with Crippen molar-refractivity contribution in [3.63, 3.8) is 0 Å². The van der Waals surface area contributed by atoms with Gasteiger partial charge in [0.2, 0.25) is 5.56 Å². The van der Waals surface area contributed by atoms with Gasteiger partial charge in [0.25, 0.3) is 0 Å². The number of hydrogen-bond donors (Lipinski definition) is 4. The fourth-order valence-electron chi connectivity index (χ4n) is 6.61. The van der Waals surface area contributed by atoms with E-state index in [0.29, 0.717) is 29.5 Å². The Bertz CT molecular complexity index is 1900. The first-order valence-electron chi connectivity index (χ1n) is 17.5. The zero-order valence-electron chi connectivity index (χ0n) is 28.2. The van der Waals surface area contributed by atoms with Gasteiger partial charge in [-0.3, -0.25) is 10.1 Å². The number of unbranched alkanes of at least 4 members (excludes halogenated alkanes) is 1. The second-order valence-electron chi connectivity index (χ2n) is 12.9. The molecule has 2 heterocycles. The number of fused-ring (bicyclic) bond motifs is 1. The number of aromatic nitrogens is 1. The van der Waals surface area contributed by atoms with Crippen LogP contribution in [0.4, 0.5) is 10.5 Å². The molecule has 6 rings (SSSR count). The lowest BCUT2D eigenvalue weighted by atomic mass is 9.97. The van der Waals surface area contributed by atoms with Crippen molar-refractivity contribution >= 4 is 22.7 Å². The largest absolute Gasteiger partial charge is 0.506 e. The number of anilines is 1. The zero-order valence-corrected chi connectivity index (χ0v) is 28.2. The van der Waals surface area contributed by atoms with Gasteiger partial charge < -0.3 is 29.6 Å². The molecule has 260 valence electrons. The molecule has 1 aliphatic heterocycles. The van der Waals surface area contributed by atoms with E-state index in [4.69, 9.17) is 9.47 Å². The summed E-state index contributed by atoms with van der Waals surface area (Å²) in [4.78, 5) is 29.4. The number of ether oxygens (including phenoxy) is 2. The van der Waals surface area contributed by atoms with Crippen LogP contribution in [0.5, 0.6) is 11.5 Å². The fraction of sp³-hybridized carbons (Fsp3) is 0.317. The molecule has 9 heteroatoms. The molecule has 1 fully saturated rings. The molecular formula is C41H45N3O6. The van der Waals surface area contributed by atoms with Crippen molar-refractivity contribution in [2.24, 2.45) is 0 Å². The number of benzene rings is 4. The summed E-state index contributed by atoms with van der Waals surface area (Å²) in [5, 5.41) is 24.5. The van der Waals surface area contributed by atoms with Crippen molar-refractivity contribution in [3.05, 3.63) is 125 Å². The molecule has 1 aromatic heterocycles. The Labute approximate surface area is 292 Å². The van der Waals surface area contributed by atoms with E-state index in [1.54, 1.807) is 12.1 Å². The molecule has 50 heavy (non-hydrogen) atoms. The number of aliphatic hydroxyl groups excluding tert-OH is 1. The number of carbonyl (C=O) groups is 1. The molecule has 0 aliphatic carbocycles. The highest BCUT2D eigenvalue weighted by Gasteiger charge is 2.22. The van der Waals surface area contributed by atoms with E-state index in [1.807, 2.05) is 66.7 Å². The highest BCUT2D eigenvalue weighted by atomic mass is 16.6. The number of likely N-dealkylation sites (tertiary alicyclic amines) is 1. The number of pyridine rings is 1. The number of phenols is 1. The standard InChI is InChI=1S/C41H45N3O6/c45-37(34-19-21-38(46)40-35(34)20-22-39(47)43-40)14-7-4-9-29-15-17-31(18-16-29)49-28-8-25-44-26-23-32(24-27-44)50-41(48)42-36-13-6-5-12-33(36)30-10-2-1-3-11-30/h1-3,5-6,10-13,15-22,32,37,45-46H,4,7-9,14,23-28H2,(H,42,48)(H,43,47)/t37-/m0/s1. The molecule has 4 N–H and O–H groups in total. The summed E-state index contributed by atoms with van der Waals surface area (Å²) in [6, 6.07) is 32.3. The number of para-hydroxylation sites is 1. The molecule has 0 unspecified atom stereocenters. The lowest BCUT2D eigenvalue weighted by Crippen LogP contribution is -2.39. The number of H-pyrrole nitrogens is 1. The van der Waals surface area contributed by atoms with Gasteiger partial charge in [-0.25, -0.2) is 4.79 Å². The second kappa shape index (κ2) is 17.0. The molecule has 1 atom stereocenters. The van der Waals surface area contributed by atoms with Gasteiger partial charge in [0.05, 0.1) is 23.9 Å². The van der Waals surface area contributed by atoms with Gasteiger partial charge in [0, 0.05) is 36.7 Å². The zero-order chi connectivity index (χ0) is 34.7. The minimum atomic E-state index is -0.680. The Hall–Kier alpha value is -5.12. The minimum absolute atomic E-state index is 0.00585. The number of aromatic amines is 1. The highest BCUT2D eigenvalue weighted by molar-refractivity contribution is 5.91. The number of hydrogen-bond acceptors (Lipinski definition) is 7. The van der Waals surface area contributed by atoms with Crippen LogP contribution in [-0.2, 0) is 11.2 Å². The number of phenolic OH excluding ortho intramolecular Hbond substituents is 1. The summed E-state index contributed by atoms with van der Waals surface area (Å²) >= 11 is 0. The van der Waals surface area contributed by atoms with Gasteiger partial charge in [0.15, 0.2) is 0 Å². The number of nitrogens with zero attached hydrogens (tertiary/aromatic N) is 1. The first-order valence-corrected chi connectivity index (χ1v) is 17.5. The minimum Gasteiger partial charge on any atom is -0.506 e. The monoisotopic (exact) mass is 675 g/mol. The van der Waals surface area contributed by atoms with Gasteiger partial charge in [0.1, 0.15) is 17.6 Å². The van der Waals surface area contributed by atoms with Crippen LogP contribution in [0.15, 0.2) is 108 Å². The van der Waals surface area contributed by atoms with Crippen LogP contribution in [-0.4, -0.2) is 58.5 Å². The summed E-state index contributed by atoms with van der Waals surface area (Å²) in [5.41, 5.74) is 4.74. The van der Waals surface area contributed by atoms with Crippen LogP contribution in [0.3, 0.4) is 0 Å². The summed E-state index contributed by atoms with van der Waals surface area (Å²) in [7, 11) is 0. The Morgan fingerprint density at radius 1 is 0.880 bits per heavy atom. The maximum atomic E-state index is 12.7. The van der Waals surface area contributed by atoms with Gasteiger partial charge in [-0.1, -0.05) is 73.2 Å². The molecule has 5 aromatic rings. The number of amides is 1. The van der Waals surface area contributed by atoms with Crippen molar-refractivity contribution in [1.82, 2.24) is 9.88 Å². The third-order valence-corrected chi connectivity index (χ3v) is 9.33. The van der Waals surface area contributed by atoms with Crippen LogP contribution in [0.2, 0.25) is 0 Å². The van der Waals surface area contributed by atoms with E-state index in [2.05, 4.69) is 27.3 Å².